The highest BCUT2D eigenvalue weighted by molar-refractivity contribution is 7.92. The Kier molecular flexibility index (Phi) is 7.87. The Morgan fingerprint density at radius 1 is 0.968 bits per heavy atom. The van der Waals surface area contributed by atoms with E-state index < -0.39 is 26.0 Å². The zero-order valence-electron chi connectivity index (χ0n) is 17.6. The highest BCUT2D eigenvalue weighted by Gasteiger charge is 2.17. The van der Waals surface area contributed by atoms with E-state index in [4.69, 9.17) is 9.47 Å². The van der Waals surface area contributed by atoms with Crippen LogP contribution in [0.15, 0.2) is 41.3 Å². The summed E-state index contributed by atoms with van der Waals surface area (Å²) in [7, 11) is -4.49. The molecule has 12 heteroatoms. The lowest BCUT2D eigenvalue weighted by atomic mass is 10.2. The summed E-state index contributed by atoms with van der Waals surface area (Å²) < 4.78 is 62.7. The van der Waals surface area contributed by atoms with Crippen molar-refractivity contribution in [2.75, 3.05) is 37.1 Å². The van der Waals surface area contributed by atoms with Crippen LogP contribution in [-0.4, -0.2) is 49.8 Å². The van der Waals surface area contributed by atoms with Crippen LogP contribution in [0.5, 0.6) is 11.5 Å². The number of aryl methyl sites for hydroxylation is 1. The second kappa shape index (κ2) is 9.98. The molecule has 0 bridgehead atoms. The molecule has 0 heterocycles. The van der Waals surface area contributed by atoms with Gasteiger partial charge in [-0.05, 0) is 36.8 Å². The number of carbonyl (C=O) groups is 1. The zero-order valence-corrected chi connectivity index (χ0v) is 19.2. The summed E-state index contributed by atoms with van der Waals surface area (Å²) in [5.41, 5.74) is 1.41. The van der Waals surface area contributed by atoms with Crippen molar-refractivity contribution in [2.45, 2.75) is 18.2 Å². The van der Waals surface area contributed by atoms with Gasteiger partial charge in [0.15, 0.2) is 11.5 Å². The van der Waals surface area contributed by atoms with Crippen LogP contribution in [0.1, 0.15) is 12.0 Å². The van der Waals surface area contributed by atoms with E-state index in [-0.39, 0.29) is 23.6 Å². The van der Waals surface area contributed by atoms with Gasteiger partial charge in [-0.15, -0.1) is 0 Å². The summed E-state index contributed by atoms with van der Waals surface area (Å²) in [5, 5.41) is 2.61. The second-order valence-electron chi connectivity index (χ2n) is 6.62. The van der Waals surface area contributed by atoms with Gasteiger partial charge < -0.3 is 14.8 Å². The van der Waals surface area contributed by atoms with Crippen LogP contribution < -0.4 is 24.2 Å². The van der Waals surface area contributed by atoms with Gasteiger partial charge in [-0.2, -0.15) is 0 Å². The molecule has 0 saturated carbocycles. The smallest absolute Gasteiger partial charge is 0.240 e. The Bertz CT molecular complexity index is 1160. The number of rotatable bonds is 10. The number of sulfonamides is 2. The van der Waals surface area contributed by atoms with Crippen LogP contribution in [0.4, 0.5) is 11.4 Å². The summed E-state index contributed by atoms with van der Waals surface area (Å²) in [6.07, 6.45) is 0.900. The molecule has 3 N–H and O–H groups in total. The predicted octanol–water partition coefficient (Wildman–Crippen LogP) is 1.69. The van der Waals surface area contributed by atoms with Crippen molar-refractivity contribution in [2.24, 2.45) is 0 Å². The molecule has 0 aliphatic carbocycles. The molecule has 2 aromatic rings. The van der Waals surface area contributed by atoms with Gasteiger partial charge in [0.2, 0.25) is 26.0 Å². The van der Waals surface area contributed by atoms with Crippen LogP contribution in [0.2, 0.25) is 0 Å². The maximum atomic E-state index is 12.5. The van der Waals surface area contributed by atoms with Crippen molar-refractivity contribution in [1.82, 2.24) is 4.72 Å². The fourth-order valence-corrected chi connectivity index (χ4v) is 4.27. The van der Waals surface area contributed by atoms with Gasteiger partial charge in [-0.25, -0.2) is 21.6 Å². The van der Waals surface area contributed by atoms with E-state index in [9.17, 15) is 21.6 Å². The Balaban J connectivity index is 1.98. The average molecular weight is 472 g/mol. The van der Waals surface area contributed by atoms with Gasteiger partial charge in [-0.1, -0.05) is 6.07 Å². The third kappa shape index (κ3) is 7.12. The molecule has 0 atom stereocenters. The topological polar surface area (TPSA) is 140 Å². The van der Waals surface area contributed by atoms with Gasteiger partial charge in [-0.3, -0.25) is 9.52 Å². The molecule has 2 aromatic carbocycles. The quantitative estimate of drug-likeness (QED) is 0.479. The van der Waals surface area contributed by atoms with Gasteiger partial charge in [0, 0.05) is 24.7 Å². The molecule has 0 saturated heterocycles. The Hall–Kier alpha value is -2.83. The Morgan fingerprint density at radius 2 is 1.65 bits per heavy atom. The number of carbonyl (C=O) groups excluding carboxylic acids is 1. The van der Waals surface area contributed by atoms with Crippen molar-refractivity contribution in [3.05, 3.63) is 42.0 Å². The summed E-state index contributed by atoms with van der Waals surface area (Å²) >= 11 is 0. The lowest BCUT2D eigenvalue weighted by Crippen LogP contribution is -2.28. The van der Waals surface area contributed by atoms with E-state index >= 15 is 0 Å². The fourth-order valence-electron chi connectivity index (χ4n) is 2.60. The number of benzene rings is 2. The molecule has 0 aliphatic heterocycles. The summed E-state index contributed by atoms with van der Waals surface area (Å²) in [6, 6.07) is 8.93. The SMILES string of the molecule is COc1ccc(S(=O)(=O)NCCC(=O)Nc2ccc(C)c(NS(C)(=O)=O)c2)cc1OC. The molecule has 2 rings (SSSR count). The molecule has 0 aliphatic rings. The van der Waals surface area contributed by atoms with Gasteiger partial charge in [0.25, 0.3) is 0 Å². The predicted molar refractivity (Wildman–Crippen MR) is 118 cm³/mol. The maximum absolute atomic E-state index is 12.5. The van der Waals surface area contributed by atoms with E-state index in [1.165, 1.54) is 38.5 Å². The van der Waals surface area contributed by atoms with E-state index in [2.05, 4.69) is 14.8 Å². The van der Waals surface area contributed by atoms with Crippen LogP contribution in [0.25, 0.3) is 0 Å². The van der Waals surface area contributed by atoms with E-state index in [1.807, 2.05) is 0 Å². The van der Waals surface area contributed by atoms with Crippen LogP contribution in [0, 0.1) is 6.92 Å². The van der Waals surface area contributed by atoms with Crippen LogP contribution in [-0.2, 0) is 24.8 Å². The number of hydrogen-bond acceptors (Lipinski definition) is 7. The lowest BCUT2D eigenvalue weighted by Gasteiger charge is -2.12. The van der Waals surface area contributed by atoms with Gasteiger partial charge in [0.1, 0.15) is 0 Å². The second-order valence-corrected chi connectivity index (χ2v) is 10.1. The molecule has 10 nitrogen and oxygen atoms in total. The molecule has 0 aromatic heterocycles. The highest BCUT2D eigenvalue weighted by Crippen LogP contribution is 2.29. The number of amides is 1. The minimum atomic E-state index is -3.86. The minimum Gasteiger partial charge on any atom is -0.493 e. The maximum Gasteiger partial charge on any atom is 0.240 e. The molecule has 0 spiro atoms. The van der Waals surface area contributed by atoms with E-state index in [0.717, 1.165) is 6.26 Å². The first-order valence-corrected chi connectivity index (χ1v) is 12.4. The van der Waals surface area contributed by atoms with Crippen molar-refractivity contribution in [1.29, 1.82) is 0 Å². The lowest BCUT2D eigenvalue weighted by molar-refractivity contribution is -0.116. The number of methoxy groups -OCH3 is 2. The third-order valence-corrected chi connectivity index (χ3v) is 6.18. The minimum absolute atomic E-state index is 0.0272. The molecule has 31 heavy (non-hydrogen) atoms. The standard InChI is InChI=1S/C19H25N3O7S2/c1-13-5-6-14(11-16(13)22-30(4,24)25)21-19(23)9-10-20-31(26,27)15-7-8-17(28-2)18(12-15)29-3/h5-8,11-12,20,22H,9-10H2,1-4H3,(H,21,23). The van der Waals surface area contributed by atoms with Crippen molar-refractivity contribution < 1.29 is 31.1 Å². The van der Waals surface area contributed by atoms with E-state index in [1.54, 1.807) is 19.1 Å². The first-order valence-electron chi connectivity index (χ1n) is 9.05. The number of ether oxygens (including phenoxy) is 2. The van der Waals surface area contributed by atoms with Crippen LogP contribution >= 0.6 is 0 Å². The largest absolute Gasteiger partial charge is 0.493 e. The molecule has 1 amide bonds. The summed E-state index contributed by atoms with van der Waals surface area (Å²) in [4.78, 5) is 12.2. The van der Waals surface area contributed by atoms with Crippen molar-refractivity contribution in [3.63, 3.8) is 0 Å². The van der Waals surface area contributed by atoms with Gasteiger partial charge >= 0.3 is 0 Å². The Morgan fingerprint density at radius 3 is 2.26 bits per heavy atom. The molecule has 170 valence electrons. The summed E-state index contributed by atoms with van der Waals surface area (Å²) in [5.74, 6) is 0.217. The first-order chi connectivity index (χ1) is 14.4. The van der Waals surface area contributed by atoms with Crippen molar-refractivity contribution in [3.8, 4) is 11.5 Å². The first kappa shape index (κ1) is 24.4. The number of hydrogen-bond donors (Lipinski definition) is 3. The molecule has 0 fully saturated rings. The monoisotopic (exact) mass is 471 g/mol. The number of anilines is 2. The molecular formula is C19H25N3O7S2. The zero-order chi connectivity index (χ0) is 23.2. The molecular weight excluding hydrogens is 446 g/mol. The normalized spacial score (nSPS) is 11.6. The van der Waals surface area contributed by atoms with Gasteiger partial charge in [0.05, 0.1) is 31.1 Å². The Labute approximate surface area is 182 Å². The fraction of sp³-hybridized carbons (Fsp3) is 0.316. The highest BCUT2D eigenvalue weighted by atomic mass is 32.2. The summed E-state index contributed by atoms with van der Waals surface area (Å²) in [6.45, 7) is 1.59. The average Bonchev–Trinajstić information content (AvgIpc) is 2.68. The van der Waals surface area contributed by atoms with E-state index in [0.29, 0.717) is 22.7 Å². The molecule has 0 radical (unpaired) electrons. The van der Waals surface area contributed by atoms with Crippen molar-refractivity contribution >= 4 is 37.3 Å². The van der Waals surface area contributed by atoms with Crippen LogP contribution in [0.3, 0.4) is 0 Å². The number of nitrogens with one attached hydrogen (secondary N) is 3. The third-order valence-electron chi connectivity index (χ3n) is 4.13. The molecule has 0 unspecified atom stereocenters.